The Morgan fingerprint density at radius 2 is 2.21 bits per heavy atom. The fraction of sp³-hybridized carbons (Fsp3) is 0.375. The third kappa shape index (κ3) is 4.31. The second kappa shape index (κ2) is 8.66. The number of ether oxygens (including phenoxy) is 3. The molecule has 128 valence electrons. The van der Waals surface area contributed by atoms with Crippen LogP contribution in [-0.4, -0.2) is 39.9 Å². The summed E-state index contributed by atoms with van der Waals surface area (Å²) in [5.41, 5.74) is 0.354. The van der Waals surface area contributed by atoms with Crippen LogP contribution in [0, 0.1) is 0 Å². The molecule has 8 nitrogen and oxygen atoms in total. The normalized spacial score (nSPS) is 10.2. The van der Waals surface area contributed by atoms with Crippen molar-refractivity contribution in [3.05, 3.63) is 42.2 Å². The van der Waals surface area contributed by atoms with Crippen molar-refractivity contribution >= 4 is 5.97 Å². The molecule has 0 radical (unpaired) electrons. The Bertz CT molecular complexity index is 699. The van der Waals surface area contributed by atoms with E-state index in [1.807, 2.05) is 6.92 Å². The largest absolute Gasteiger partial charge is 0.493 e. The first-order valence-electron chi connectivity index (χ1n) is 7.53. The van der Waals surface area contributed by atoms with Gasteiger partial charge in [0.15, 0.2) is 23.9 Å². The zero-order valence-electron chi connectivity index (χ0n) is 13.8. The van der Waals surface area contributed by atoms with E-state index < -0.39 is 5.97 Å². The van der Waals surface area contributed by atoms with Gasteiger partial charge in [0.25, 0.3) is 0 Å². The number of carbonyl (C=O) groups excluding carboxylic acids is 1. The van der Waals surface area contributed by atoms with Gasteiger partial charge in [-0.05, 0) is 35.0 Å². The van der Waals surface area contributed by atoms with Crippen LogP contribution in [0.25, 0.3) is 0 Å². The second-order valence-corrected chi connectivity index (χ2v) is 4.86. The number of nitrogens with zero attached hydrogens (tertiary/aromatic N) is 4. The molecule has 2 aromatic rings. The number of esters is 1. The summed E-state index contributed by atoms with van der Waals surface area (Å²) in [5, 5.41) is 11.3. The van der Waals surface area contributed by atoms with Crippen molar-refractivity contribution in [1.82, 2.24) is 20.2 Å². The topological polar surface area (TPSA) is 88.4 Å². The van der Waals surface area contributed by atoms with Crippen molar-refractivity contribution < 1.29 is 19.0 Å². The molecule has 1 aromatic carbocycles. The van der Waals surface area contributed by atoms with Crippen molar-refractivity contribution in [2.75, 3.05) is 13.7 Å². The molecule has 0 N–H and O–H groups in total. The molecule has 24 heavy (non-hydrogen) atoms. The summed E-state index contributed by atoms with van der Waals surface area (Å²) >= 11 is 0. The van der Waals surface area contributed by atoms with E-state index in [1.165, 1.54) is 7.11 Å². The zero-order chi connectivity index (χ0) is 17.4. The summed E-state index contributed by atoms with van der Waals surface area (Å²) in [6, 6.07) is 4.83. The van der Waals surface area contributed by atoms with E-state index in [1.54, 1.807) is 29.0 Å². The van der Waals surface area contributed by atoms with Gasteiger partial charge in [-0.3, -0.25) is 0 Å². The van der Waals surface area contributed by atoms with Crippen LogP contribution in [-0.2, 0) is 17.9 Å². The first-order valence-corrected chi connectivity index (χ1v) is 7.53. The molecule has 0 aliphatic carbocycles. The molecule has 0 atom stereocenters. The van der Waals surface area contributed by atoms with Gasteiger partial charge in [0.05, 0.1) is 12.7 Å². The van der Waals surface area contributed by atoms with Crippen molar-refractivity contribution in [2.24, 2.45) is 0 Å². The molecule has 0 saturated carbocycles. The van der Waals surface area contributed by atoms with Gasteiger partial charge < -0.3 is 14.2 Å². The van der Waals surface area contributed by atoms with Gasteiger partial charge in [0.1, 0.15) is 6.61 Å². The average molecular weight is 332 g/mol. The first kappa shape index (κ1) is 17.5. The van der Waals surface area contributed by atoms with Gasteiger partial charge in [-0.15, -0.1) is 5.10 Å². The fourth-order valence-corrected chi connectivity index (χ4v) is 1.99. The summed E-state index contributed by atoms with van der Waals surface area (Å²) in [5.74, 6) is 0.987. The number of aryl methyl sites for hydroxylation is 1. The molecule has 0 unspecified atom stereocenters. The molecule has 0 saturated heterocycles. The predicted octanol–water partition coefficient (Wildman–Crippen LogP) is 2.01. The van der Waals surface area contributed by atoms with E-state index in [2.05, 4.69) is 22.1 Å². The Labute approximate surface area is 140 Å². The van der Waals surface area contributed by atoms with Crippen LogP contribution in [0.2, 0.25) is 0 Å². The molecule has 8 heteroatoms. The zero-order valence-corrected chi connectivity index (χ0v) is 13.8. The molecule has 0 fully saturated rings. The quantitative estimate of drug-likeness (QED) is 0.512. The lowest BCUT2D eigenvalue weighted by Crippen LogP contribution is -2.11. The third-order valence-corrected chi connectivity index (χ3v) is 3.13. The van der Waals surface area contributed by atoms with Gasteiger partial charge in [0.2, 0.25) is 0 Å². The molecule has 1 aromatic heterocycles. The Balaban J connectivity index is 2.03. The smallest absolute Gasteiger partial charge is 0.338 e. The van der Waals surface area contributed by atoms with E-state index in [0.717, 1.165) is 6.42 Å². The van der Waals surface area contributed by atoms with E-state index in [9.17, 15) is 4.79 Å². The van der Waals surface area contributed by atoms with Crippen molar-refractivity contribution in [1.29, 1.82) is 0 Å². The lowest BCUT2D eigenvalue weighted by molar-refractivity contribution is 0.0456. The number of hydrogen-bond acceptors (Lipinski definition) is 7. The first-order chi connectivity index (χ1) is 11.7. The van der Waals surface area contributed by atoms with Crippen LogP contribution >= 0.6 is 0 Å². The summed E-state index contributed by atoms with van der Waals surface area (Å²) in [4.78, 5) is 12.2. The number of carbonyl (C=O) groups is 1. The van der Waals surface area contributed by atoms with Crippen LogP contribution in [0.3, 0.4) is 0 Å². The molecule has 0 spiro atoms. The highest BCUT2D eigenvalue weighted by atomic mass is 16.5. The minimum atomic E-state index is -0.491. The van der Waals surface area contributed by atoms with Gasteiger partial charge in [0, 0.05) is 6.54 Å². The monoisotopic (exact) mass is 332 g/mol. The highest BCUT2D eigenvalue weighted by Crippen LogP contribution is 2.28. The molecule has 0 amide bonds. The number of hydrogen-bond donors (Lipinski definition) is 0. The Hall–Kier alpha value is -2.90. The highest BCUT2D eigenvalue weighted by molar-refractivity contribution is 5.90. The van der Waals surface area contributed by atoms with E-state index >= 15 is 0 Å². The van der Waals surface area contributed by atoms with Gasteiger partial charge in [-0.1, -0.05) is 19.6 Å². The van der Waals surface area contributed by atoms with Gasteiger partial charge >= 0.3 is 5.97 Å². The maximum Gasteiger partial charge on any atom is 0.338 e. The summed E-state index contributed by atoms with van der Waals surface area (Å²) in [6.07, 6.45) is 2.51. The van der Waals surface area contributed by atoms with Gasteiger partial charge in [-0.2, -0.15) is 0 Å². The van der Waals surface area contributed by atoms with E-state index in [0.29, 0.717) is 36.0 Å². The summed E-state index contributed by atoms with van der Waals surface area (Å²) < 4.78 is 17.6. The van der Waals surface area contributed by atoms with Crippen molar-refractivity contribution in [3.8, 4) is 11.5 Å². The molecule has 2 rings (SSSR count). The van der Waals surface area contributed by atoms with Crippen molar-refractivity contribution in [2.45, 2.75) is 26.5 Å². The van der Waals surface area contributed by atoms with E-state index in [4.69, 9.17) is 14.2 Å². The summed E-state index contributed by atoms with van der Waals surface area (Å²) in [6.45, 7) is 6.62. The maximum atomic E-state index is 12.2. The molecule has 1 heterocycles. The average Bonchev–Trinajstić information content (AvgIpc) is 3.05. The molecule has 0 aliphatic rings. The SMILES string of the molecule is C=CCOc1ccc(C(=O)OCc2nnnn2CCC)cc1OC. The molecule has 0 aliphatic heterocycles. The number of methoxy groups -OCH3 is 1. The van der Waals surface area contributed by atoms with Crippen LogP contribution < -0.4 is 9.47 Å². The third-order valence-electron chi connectivity index (χ3n) is 3.13. The Morgan fingerprint density at radius 1 is 1.38 bits per heavy atom. The lowest BCUT2D eigenvalue weighted by atomic mass is 10.2. The Kier molecular flexibility index (Phi) is 6.30. The summed E-state index contributed by atoms with van der Waals surface area (Å²) in [7, 11) is 1.50. The highest BCUT2D eigenvalue weighted by Gasteiger charge is 2.14. The molecular weight excluding hydrogens is 312 g/mol. The van der Waals surface area contributed by atoms with Crippen LogP contribution in [0.5, 0.6) is 11.5 Å². The fourth-order valence-electron chi connectivity index (χ4n) is 1.99. The lowest BCUT2D eigenvalue weighted by Gasteiger charge is -2.11. The van der Waals surface area contributed by atoms with Crippen LogP contribution in [0.15, 0.2) is 30.9 Å². The second-order valence-electron chi connectivity index (χ2n) is 4.86. The number of rotatable bonds is 9. The number of tetrazole rings is 1. The van der Waals surface area contributed by atoms with Gasteiger partial charge in [-0.25, -0.2) is 9.48 Å². The number of benzene rings is 1. The standard InChI is InChI=1S/C16H20N4O4/c1-4-8-20-15(17-18-19-20)11-24-16(21)12-6-7-13(23-9-5-2)14(10-12)22-3/h5-7,10H,2,4,8-9,11H2,1,3H3. The van der Waals surface area contributed by atoms with Crippen LogP contribution in [0.1, 0.15) is 29.5 Å². The number of aromatic nitrogens is 4. The minimum absolute atomic E-state index is 0.00284. The Morgan fingerprint density at radius 3 is 2.92 bits per heavy atom. The molecule has 0 bridgehead atoms. The molecular formula is C16H20N4O4. The van der Waals surface area contributed by atoms with Crippen molar-refractivity contribution in [3.63, 3.8) is 0 Å². The minimum Gasteiger partial charge on any atom is -0.493 e. The predicted molar refractivity (Wildman–Crippen MR) is 85.9 cm³/mol. The maximum absolute atomic E-state index is 12.2. The van der Waals surface area contributed by atoms with Crippen LogP contribution in [0.4, 0.5) is 0 Å². The van der Waals surface area contributed by atoms with E-state index in [-0.39, 0.29) is 6.61 Å².